The van der Waals surface area contributed by atoms with Gasteiger partial charge in [0.2, 0.25) is 12.6 Å². The minimum Gasteiger partial charge on any atom is -0.462 e. The highest BCUT2D eigenvalue weighted by molar-refractivity contribution is 5.42. The molecule has 32 atom stereocenters. The summed E-state index contributed by atoms with van der Waals surface area (Å²) < 4.78 is 70.8. The summed E-state index contributed by atoms with van der Waals surface area (Å²) in [6.45, 7) is 14.6. The van der Waals surface area contributed by atoms with Crippen LogP contribution in [0.3, 0.4) is 0 Å². The Labute approximate surface area is 637 Å². The van der Waals surface area contributed by atoms with Crippen LogP contribution in [0.2, 0.25) is 0 Å². The van der Waals surface area contributed by atoms with Crippen LogP contribution in [0.15, 0.2) is 129 Å². The Morgan fingerprint density at radius 3 is 0.891 bits per heavy atom. The fourth-order valence-corrected chi connectivity index (χ4v) is 14.6. The molecule has 0 radical (unpaired) electrons. The summed E-state index contributed by atoms with van der Waals surface area (Å²) in [7, 11) is 0. The molecule has 624 valence electrons. The van der Waals surface area contributed by atoms with Crippen molar-refractivity contribution in [3.05, 3.63) is 129 Å². The Morgan fingerprint density at radius 2 is 0.600 bits per heavy atom. The summed E-state index contributed by atoms with van der Waals surface area (Å²) in [5, 5.41) is 232. The Hall–Kier alpha value is -4.54. The molecule has 0 aromatic heterocycles. The second-order valence-corrected chi connectivity index (χ2v) is 31.0. The van der Waals surface area contributed by atoms with E-state index in [1.54, 1.807) is 62.5 Å². The maximum atomic E-state index is 11.4. The molecule has 0 amide bonds. The lowest BCUT2D eigenvalue weighted by molar-refractivity contribution is -0.327. The number of allylic oxidation sites excluding steroid dienone is 18. The Balaban J connectivity index is 1.01. The van der Waals surface area contributed by atoms with Gasteiger partial charge in [-0.2, -0.15) is 0 Å². The van der Waals surface area contributed by atoms with Gasteiger partial charge in [0.1, 0.15) is 158 Å². The average Bonchev–Trinajstić information content (AvgIpc) is 0.787. The smallest absolute Gasteiger partial charge is 0.229 e. The number of rotatable bonds is 28. The van der Waals surface area contributed by atoms with Gasteiger partial charge in [0.05, 0.1) is 51.8 Å². The van der Waals surface area contributed by atoms with E-state index in [1.807, 2.05) is 79.7 Å². The van der Waals surface area contributed by atoms with E-state index in [0.29, 0.717) is 24.0 Å². The first-order valence-corrected chi connectivity index (χ1v) is 36.8. The Morgan fingerprint density at radius 1 is 0.345 bits per heavy atom. The van der Waals surface area contributed by atoms with Crippen molar-refractivity contribution in [2.24, 2.45) is 10.8 Å². The van der Waals surface area contributed by atoms with Crippen molar-refractivity contribution in [2.75, 3.05) is 39.6 Å². The van der Waals surface area contributed by atoms with Gasteiger partial charge in [-0.3, -0.25) is 0 Å². The van der Waals surface area contributed by atoms with Gasteiger partial charge in [-0.15, -0.1) is 0 Å². The van der Waals surface area contributed by atoms with Crippen LogP contribution in [0.4, 0.5) is 0 Å². The standard InChI is InChI=1S/C76H116O34/c1-33(15-17-35(3)19-39(23-43-37(5)21-41(25-75(43,7)8)103-73-65(95)59(89)53(83)47(29-79)107-73)101-71-67(97)61(91)55(85)49(109-71)31-99-69-63(93)57(87)51(81)45(27-77)105-69)13-11-12-14-34(2)16-18-36(4)20-40(24-44-38(6)22-42(26-76(44,9)10)104-74-66(96)60(90)54(84)48(30-80)108-74)102-72-68(98)62(92)56(86)50(110-72)32-100-70-64(94)58(88)52(82)46(28-78)106-70/h11-20,23-24,41-42,45-74,77-98H,21-22,25-32H2,1-10H3/b12-11-,17-15+,18-16+,33-13+,34-14+,35-19-,36-20+,39-23-,40-24-/t41?,42?,45-,46+,47-,48+,49-,50+,51-,52+,53-,54+,55-,56+,57+,58-,59+,60-,61+,62-,63-,64+,65-,66+,67-,68+,69-,70+,71-,72+,73-,74+/m1/s1. The topological polar surface area (TPSA) is 556 Å². The molecule has 6 fully saturated rings. The normalized spacial score (nSPS) is 42.5. The van der Waals surface area contributed by atoms with E-state index in [1.165, 1.54) is 0 Å². The van der Waals surface area contributed by atoms with E-state index in [2.05, 4.69) is 0 Å². The first-order valence-electron chi connectivity index (χ1n) is 36.8. The van der Waals surface area contributed by atoms with Gasteiger partial charge >= 0.3 is 0 Å². The summed E-state index contributed by atoms with van der Waals surface area (Å²) in [5.74, 6) is 0.214. The lowest BCUT2D eigenvalue weighted by atomic mass is 9.71. The van der Waals surface area contributed by atoms with Crippen molar-refractivity contribution < 1.29 is 169 Å². The summed E-state index contributed by atoms with van der Waals surface area (Å²) >= 11 is 0. The molecule has 6 saturated heterocycles. The second-order valence-electron chi connectivity index (χ2n) is 31.0. The molecule has 0 bridgehead atoms. The third-order valence-corrected chi connectivity index (χ3v) is 21.0. The maximum Gasteiger partial charge on any atom is 0.229 e. The lowest BCUT2D eigenvalue weighted by Gasteiger charge is -2.44. The van der Waals surface area contributed by atoms with Gasteiger partial charge in [0.15, 0.2) is 25.2 Å². The van der Waals surface area contributed by atoms with E-state index in [9.17, 15) is 112 Å². The second kappa shape index (κ2) is 39.9. The molecular weight excluding hydrogens is 1460 g/mol. The highest BCUT2D eigenvalue weighted by Gasteiger charge is 2.53. The fraction of sp³-hybridized carbons (Fsp3) is 0.711. The molecule has 2 aliphatic carbocycles. The van der Waals surface area contributed by atoms with Crippen LogP contribution in [-0.4, -0.2) is 348 Å². The molecule has 0 saturated carbocycles. The largest absolute Gasteiger partial charge is 0.462 e. The lowest BCUT2D eigenvalue weighted by Crippen LogP contribution is -2.61. The molecule has 8 aliphatic rings. The van der Waals surface area contributed by atoms with Crippen molar-refractivity contribution in [2.45, 2.75) is 291 Å². The van der Waals surface area contributed by atoms with Gasteiger partial charge in [-0.25, -0.2) is 0 Å². The molecular formula is C76H116O34. The van der Waals surface area contributed by atoms with E-state index in [-0.39, 0.29) is 24.4 Å². The molecule has 2 unspecified atom stereocenters. The molecule has 6 heterocycles. The minimum atomic E-state index is -1.88. The van der Waals surface area contributed by atoms with Crippen LogP contribution in [0.25, 0.3) is 0 Å². The van der Waals surface area contributed by atoms with E-state index in [0.717, 1.165) is 33.4 Å². The summed E-state index contributed by atoms with van der Waals surface area (Å²) in [4.78, 5) is 0. The Bertz CT molecular complexity index is 3140. The van der Waals surface area contributed by atoms with Crippen molar-refractivity contribution >= 4 is 0 Å². The molecule has 0 spiro atoms. The number of aliphatic hydroxyl groups is 22. The Kier molecular flexibility index (Phi) is 33.0. The van der Waals surface area contributed by atoms with Gasteiger partial charge in [-0.05, 0) is 125 Å². The van der Waals surface area contributed by atoms with Crippen LogP contribution in [0, 0.1) is 10.8 Å². The summed E-state index contributed by atoms with van der Waals surface area (Å²) in [5.41, 5.74) is 4.36. The molecule has 8 rings (SSSR count). The molecule has 6 aliphatic heterocycles. The van der Waals surface area contributed by atoms with Crippen LogP contribution in [0.1, 0.15) is 94.9 Å². The average molecular weight is 1570 g/mol. The maximum absolute atomic E-state index is 11.4. The quantitative estimate of drug-likeness (QED) is 0.0263. The van der Waals surface area contributed by atoms with Crippen molar-refractivity contribution in [3.63, 3.8) is 0 Å². The molecule has 0 aromatic carbocycles. The zero-order chi connectivity index (χ0) is 81.3. The number of hydrogen-bond donors (Lipinski definition) is 22. The van der Waals surface area contributed by atoms with E-state index in [4.69, 9.17) is 56.8 Å². The van der Waals surface area contributed by atoms with Crippen LogP contribution >= 0.6 is 0 Å². The predicted molar refractivity (Wildman–Crippen MR) is 382 cm³/mol. The zero-order valence-corrected chi connectivity index (χ0v) is 63.2. The molecule has 0 aromatic rings. The van der Waals surface area contributed by atoms with Crippen LogP contribution in [0.5, 0.6) is 0 Å². The number of hydrogen-bond acceptors (Lipinski definition) is 34. The highest BCUT2D eigenvalue weighted by atomic mass is 16.8. The minimum absolute atomic E-state index is 0.107. The SMILES string of the molecule is CC1=C(/C=C(/C=C(C)/C=C/C(C)=C/C=C\C=C(C)\C=C\C(C)=C/C(=C/C2=C(C)CC(O[C@@H]3O[C@H](CO)[C@@H](O)[C@H](O)[C@H]3O)CC2(C)C)O[C@@H]2O[C@H](CO[C@@H]3O[C@H](CO)[C@@H](O)[C@H](O)[C@H]3O)[C@@H](O)[C@H](O)[C@H]2O)O[C@H]2O[C@@H](CO[C@H]3O[C@@H](CO)[C@H](O)[C@@H](O)[C@@H]3O)[C@H](O)[C@@H](O)[C@@H]2O)C(C)(C)CC(O[C@H]2O[C@@H](CO)[C@H](O)[C@@H](O)[C@@H]2O)C1. The highest BCUT2D eigenvalue weighted by Crippen LogP contribution is 2.46. The van der Waals surface area contributed by atoms with Crippen LogP contribution < -0.4 is 0 Å². The van der Waals surface area contributed by atoms with Gasteiger partial charge in [0.25, 0.3) is 0 Å². The molecule has 110 heavy (non-hydrogen) atoms. The summed E-state index contributed by atoms with van der Waals surface area (Å²) in [6, 6.07) is 0. The summed E-state index contributed by atoms with van der Waals surface area (Å²) in [6.07, 6.45) is -27.5. The van der Waals surface area contributed by atoms with E-state index >= 15 is 0 Å². The zero-order valence-electron chi connectivity index (χ0n) is 63.2. The van der Waals surface area contributed by atoms with Crippen molar-refractivity contribution in [1.29, 1.82) is 0 Å². The van der Waals surface area contributed by atoms with Crippen molar-refractivity contribution in [3.8, 4) is 0 Å². The fourth-order valence-electron chi connectivity index (χ4n) is 14.6. The molecule has 34 nitrogen and oxygen atoms in total. The van der Waals surface area contributed by atoms with Gasteiger partial charge in [-0.1, -0.05) is 98.6 Å². The van der Waals surface area contributed by atoms with Gasteiger partial charge in [0, 0.05) is 0 Å². The number of ether oxygens (including phenoxy) is 12. The third-order valence-electron chi connectivity index (χ3n) is 21.0. The number of aliphatic hydroxyl groups excluding tert-OH is 22. The predicted octanol–water partition coefficient (Wildman–Crippen LogP) is -3.87. The van der Waals surface area contributed by atoms with Crippen molar-refractivity contribution in [1.82, 2.24) is 0 Å². The molecule has 22 N–H and O–H groups in total. The monoisotopic (exact) mass is 1570 g/mol. The molecule has 34 heteroatoms. The first-order chi connectivity index (χ1) is 51.7. The van der Waals surface area contributed by atoms with Crippen LogP contribution in [-0.2, 0) is 56.8 Å². The van der Waals surface area contributed by atoms with E-state index < -0.39 is 247 Å². The third kappa shape index (κ3) is 22.3. The first kappa shape index (κ1) is 91.0. The van der Waals surface area contributed by atoms with Gasteiger partial charge < -0.3 is 169 Å².